The van der Waals surface area contributed by atoms with Crippen LogP contribution >= 0.6 is 22.7 Å². The van der Waals surface area contributed by atoms with E-state index in [1.165, 1.54) is 18.4 Å². The van der Waals surface area contributed by atoms with Crippen molar-refractivity contribution in [3.63, 3.8) is 0 Å². The van der Waals surface area contributed by atoms with Crippen LogP contribution in [0, 0.1) is 0 Å². The molecule has 0 spiro atoms. The van der Waals surface area contributed by atoms with Crippen molar-refractivity contribution in [3.05, 3.63) is 77.1 Å². The first-order valence-electron chi connectivity index (χ1n) is 10.4. The molecule has 0 fully saturated rings. The molecular formula is C24H24N2O5S2. The van der Waals surface area contributed by atoms with Crippen LogP contribution in [0.4, 0.5) is 0 Å². The summed E-state index contributed by atoms with van der Waals surface area (Å²) in [5.74, 6) is 0.481. The summed E-state index contributed by atoms with van der Waals surface area (Å²) in [6, 6.07) is 8.58. The third kappa shape index (κ3) is 4.26. The van der Waals surface area contributed by atoms with E-state index in [1.807, 2.05) is 42.6 Å². The number of benzene rings is 1. The number of hydrogen-bond donors (Lipinski definition) is 0. The van der Waals surface area contributed by atoms with Gasteiger partial charge in [-0.05, 0) is 36.9 Å². The molecule has 0 radical (unpaired) electrons. The van der Waals surface area contributed by atoms with Gasteiger partial charge in [0, 0.05) is 10.4 Å². The number of esters is 1. The fourth-order valence-electron chi connectivity index (χ4n) is 3.76. The van der Waals surface area contributed by atoms with E-state index >= 15 is 0 Å². The summed E-state index contributed by atoms with van der Waals surface area (Å²) in [6.07, 6.45) is 2.64. The first kappa shape index (κ1) is 23.0. The Balaban J connectivity index is 2.02. The molecule has 1 atom stereocenters. The number of carbonyl (C=O) groups excluding carboxylic acids is 1. The number of aromatic nitrogens is 1. The van der Waals surface area contributed by atoms with Crippen molar-refractivity contribution in [1.29, 1.82) is 0 Å². The van der Waals surface area contributed by atoms with E-state index in [0.29, 0.717) is 44.3 Å². The van der Waals surface area contributed by atoms with Crippen molar-refractivity contribution in [2.24, 2.45) is 4.99 Å². The first-order valence-corrected chi connectivity index (χ1v) is 12.1. The molecule has 0 saturated carbocycles. The smallest absolute Gasteiger partial charge is 0.338 e. The minimum atomic E-state index is -0.763. The molecule has 9 heteroatoms. The van der Waals surface area contributed by atoms with Crippen LogP contribution in [0.15, 0.2) is 56.8 Å². The standard InChI is InChI=1S/C24H24N2O5S2/c1-5-11-31-21-16(9-6-10-17(21)29-3)20-19(23(28)30-4)14(2)25-24-26(20)22(27)18(33-24)13-15-8-7-12-32-15/h6-10,12-13,20H,5,11H2,1-4H3/b18-13-. The molecule has 0 bridgehead atoms. The van der Waals surface area contributed by atoms with Crippen molar-refractivity contribution in [1.82, 2.24) is 4.57 Å². The van der Waals surface area contributed by atoms with Crippen LogP contribution in [-0.2, 0) is 9.53 Å². The first-order chi connectivity index (χ1) is 16.0. The molecular weight excluding hydrogens is 460 g/mol. The summed E-state index contributed by atoms with van der Waals surface area (Å²) in [7, 11) is 2.88. The minimum Gasteiger partial charge on any atom is -0.493 e. The van der Waals surface area contributed by atoms with Crippen LogP contribution in [-0.4, -0.2) is 31.4 Å². The average molecular weight is 485 g/mol. The van der Waals surface area contributed by atoms with Crippen LogP contribution in [0.3, 0.4) is 0 Å². The van der Waals surface area contributed by atoms with Crippen LogP contribution in [0.2, 0.25) is 0 Å². The van der Waals surface area contributed by atoms with E-state index in [-0.39, 0.29) is 5.56 Å². The maximum absolute atomic E-state index is 13.6. The van der Waals surface area contributed by atoms with Crippen LogP contribution in [0.25, 0.3) is 6.08 Å². The van der Waals surface area contributed by atoms with Gasteiger partial charge in [-0.15, -0.1) is 11.3 Å². The van der Waals surface area contributed by atoms with E-state index < -0.39 is 12.0 Å². The number of allylic oxidation sites excluding steroid dienone is 1. The second-order valence-electron chi connectivity index (χ2n) is 7.32. The predicted octanol–water partition coefficient (Wildman–Crippen LogP) is 3.27. The fraction of sp³-hybridized carbons (Fsp3) is 0.292. The number of nitrogens with zero attached hydrogens (tertiary/aromatic N) is 2. The van der Waals surface area contributed by atoms with Gasteiger partial charge in [-0.1, -0.05) is 36.5 Å². The monoisotopic (exact) mass is 484 g/mol. The Morgan fingerprint density at radius 2 is 2.06 bits per heavy atom. The highest BCUT2D eigenvalue weighted by Crippen LogP contribution is 2.40. The number of thiazole rings is 1. The SMILES string of the molecule is CCCOc1c(OC)cccc1C1C(C(=O)OC)=C(C)N=c2s/c(=C\c3cccs3)c(=O)n21. The van der Waals surface area contributed by atoms with Crippen molar-refractivity contribution in [3.8, 4) is 11.5 Å². The van der Waals surface area contributed by atoms with E-state index in [2.05, 4.69) is 4.99 Å². The largest absolute Gasteiger partial charge is 0.493 e. The molecule has 3 aromatic rings. The van der Waals surface area contributed by atoms with Crippen molar-refractivity contribution in [2.45, 2.75) is 26.3 Å². The van der Waals surface area contributed by atoms with Crippen LogP contribution in [0.1, 0.15) is 36.8 Å². The Kier molecular flexibility index (Phi) is 6.80. The Labute approximate surface area is 198 Å². The van der Waals surface area contributed by atoms with Gasteiger partial charge in [0.25, 0.3) is 5.56 Å². The lowest BCUT2D eigenvalue weighted by Gasteiger charge is -2.26. The van der Waals surface area contributed by atoms with Gasteiger partial charge >= 0.3 is 5.97 Å². The number of thiophene rings is 1. The lowest BCUT2D eigenvalue weighted by atomic mass is 9.94. The molecule has 0 aliphatic carbocycles. The quantitative estimate of drug-likeness (QED) is 0.481. The molecule has 0 amide bonds. The fourth-order valence-corrected chi connectivity index (χ4v) is 5.53. The predicted molar refractivity (Wildman–Crippen MR) is 129 cm³/mol. The lowest BCUT2D eigenvalue weighted by molar-refractivity contribution is -0.136. The third-order valence-electron chi connectivity index (χ3n) is 5.22. The average Bonchev–Trinajstić information content (AvgIpc) is 3.44. The van der Waals surface area contributed by atoms with Crippen molar-refractivity contribution >= 4 is 34.7 Å². The minimum absolute atomic E-state index is 0.227. The molecule has 3 heterocycles. The zero-order valence-electron chi connectivity index (χ0n) is 18.8. The molecule has 1 unspecified atom stereocenters. The molecule has 33 heavy (non-hydrogen) atoms. The van der Waals surface area contributed by atoms with Gasteiger partial charge in [0.1, 0.15) is 6.04 Å². The molecule has 2 aromatic heterocycles. The van der Waals surface area contributed by atoms with E-state index in [9.17, 15) is 9.59 Å². The molecule has 7 nitrogen and oxygen atoms in total. The lowest BCUT2D eigenvalue weighted by Crippen LogP contribution is -2.40. The van der Waals surface area contributed by atoms with Gasteiger partial charge in [-0.2, -0.15) is 0 Å². The summed E-state index contributed by atoms with van der Waals surface area (Å²) < 4.78 is 18.8. The van der Waals surface area contributed by atoms with E-state index in [4.69, 9.17) is 14.2 Å². The highest BCUT2D eigenvalue weighted by molar-refractivity contribution is 7.11. The van der Waals surface area contributed by atoms with Crippen molar-refractivity contribution < 1.29 is 19.0 Å². The zero-order chi connectivity index (χ0) is 23.5. The van der Waals surface area contributed by atoms with E-state index in [0.717, 1.165) is 11.3 Å². The number of ether oxygens (including phenoxy) is 3. The zero-order valence-corrected chi connectivity index (χ0v) is 20.4. The number of carbonyl (C=O) groups is 1. The Hall–Kier alpha value is -3.17. The maximum Gasteiger partial charge on any atom is 0.338 e. The third-order valence-corrected chi connectivity index (χ3v) is 7.02. The van der Waals surface area contributed by atoms with E-state index in [1.54, 1.807) is 36.0 Å². The number of para-hydroxylation sites is 1. The van der Waals surface area contributed by atoms with Crippen molar-refractivity contribution in [2.75, 3.05) is 20.8 Å². The van der Waals surface area contributed by atoms with Gasteiger partial charge < -0.3 is 14.2 Å². The normalized spacial score (nSPS) is 15.8. The summed E-state index contributed by atoms with van der Waals surface area (Å²) in [6.45, 7) is 4.22. The van der Waals surface area contributed by atoms with Gasteiger partial charge in [0.2, 0.25) is 0 Å². The van der Waals surface area contributed by atoms with Crippen LogP contribution < -0.4 is 24.4 Å². The topological polar surface area (TPSA) is 79.1 Å². The van der Waals surface area contributed by atoms with Crippen LogP contribution in [0.5, 0.6) is 11.5 Å². The molecule has 0 saturated heterocycles. The molecule has 1 aliphatic rings. The van der Waals surface area contributed by atoms with Gasteiger partial charge in [-0.25, -0.2) is 9.79 Å². The molecule has 1 aliphatic heterocycles. The molecule has 1 aromatic carbocycles. The Morgan fingerprint density at radius 3 is 2.73 bits per heavy atom. The summed E-state index contributed by atoms with van der Waals surface area (Å²) in [4.78, 5) is 32.6. The summed E-state index contributed by atoms with van der Waals surface area (Å²) in [5.41, 5.74) is 1.21. The van der Waals surface area contributed by atoms with Gasteiger partial charge in [-0.3, -0.25) is 9.36 Å². The number of rotatable bonds is 7. The Bertz CT molecular complexity index is 1380. The number of methoxy groups -OCH3 is 2. The van der Waals surface area contributed by atoms with Gasteiger partial charge in [0.15, 0.2) is 16.3 Å². The highest BCUT2D eigenvalue weighted by atomic mass is 32.1. The summed E-state index contributed by atoms with van der Waals surface area (Å²) in [5, 5.41) is 1.96. The van der Waals surface area contributed by atoms with Gasteiger partial charge in [0.05, 0.1) is 36.6 Å². The summed E-state index contributed by atoms with van der Waals surface area (Å²) >= 11 is 2.84. The highest BCUT2D eigenvalue weighted by Gasteiger charge is 2.35. The molecule has 4 rings (SSSR count). The number of fused-ring (bicyclic) bond motifs is 1. The molecule has 172 valence electrons. The second-order valence-corrected chi connectivity index (χ2v) is 9.30. The second kappa shape index (κ2) is 9.76. The number of hydrogen-bond acceptors (Lipinski definition) is 8. The Morgan fingerprint density at radius 1 is 1.24 bits per heavy atom. The maximum atomic E-state index is 13.6. The molecule has 0 N–H and O–H groups in total.